The van der Waals surface area contributed by atoms with Gasteiger partial charge in [0, 0.05) is 6.07 Å². The van der Waals surface area contributed by atoms with Crippen LogP contribution in [0.15, 0.2) is 46.0 Å². The van der Waals surface area contributed by atoms with Crippen LogP contribution in [0.2, 0.25) is 0 Å². The predicted molar refractivity (Wildman–Crippen MR) is 93.2 cm³/mol. The first-order valence-electron chi connectivity index (χ1n) is 7.01. The maximum atomic E-state index is 13.1. The predicted octanol–water partition coefficient (Wildman–Crippen LogP) is 3.33. The van der Waals surface area contributed by atoms with Crippen molar-refractivity contribution in [2.75, 3.05) is 6.61 Å². The maximum absolute atomic E-state index is 13.1. The molecule has 7 nitrogen and oxygen atoms in total. The highest BCUT2D eigenvalue weighted by molar-refractivity contribution is 9.10. The lowest BCUT2D eigenvalue weighted by molar-refractivity contribution is -0.385. The molecule has 0 radical (unpaired) electrons. The molecule has 2 rings (SSSR count). The zero-order chi connectivity index (χ0) is 18.4. The minimum absolute atomic E-state index is 0.00260. The van der Waals surface area contributed by atoms with E-state index in [4.69, 9.17) is 4.74 Å². The molecule has 0 aromatic heterocycles. The van der Waals surface area contributed by atoms with Gasteiger partial charge in [-0.3, -0.25) is 14.9 Å². The van der Waals surface area contributed by atoms with Crippen LogP contribution >= 0.6 is 15.9 Å². The zero-order valence-electron chi connectivity index (χ0n) is 13.0. The minimum atomic E-state index is -0.590. The first kappa shape index (κ1) is 18.5. The van der Waals surface area contributed by atoms with Crippen LogP contribution in [0.3, 0.4) is 0 Å². The van der Waals surface area contributed by atoms with Crippen molar-refractivity contribution in [3.05, 3.63) is 67.9 Å². The topological polar surface area (TPSA) is 93.8 Å². The quantitative estimate of drug-likeness (QED) is 0.449. The zero-order valence-corrected chi connectivity index (χ0v) is 14.6. The summed E-state index contributed by atoms with van der Waals surface area (Å²) in [5.41, 5.74) is 3.29. The average molecular weight is 410 g/mol. The van der Waals surface area contributed by atoms with Crippen LogP contribution in [0.5, 0.6) is 5.75 Å². The third-order valence-corrected chi connectivity index (χ3v) is 3.62. The number of nitrogens with one attached hydrogen (secondary N) is 1. The summed E-state index contributed by atoms with van der Waals surface area (Å²) in [6.07, 6.45) is 1.33. The molecule has 0 spiro atoms. The van der Waals surface area contributed by atoms with Crippen LogP contribution in [0, 0.1) is 22.9 Å². The van der Waals surface area contributed by atoms with Gasteiger partial charge in [-0.2, -0.15) is 5.10 Å². The van der Waals surface area contributed by atoms with Crippen molar-refractivity contribution in [2.24, 2.45) is 5.10 Å². The molecular weight excluding hydrogens is 397 g/mol. The van der Waals surface area contributed by atoms with Crippen LogP contribution in [-0.4, -0.2) is 23.7 Å². The molecule has 1 amide bonds. The summed E-state index contributed by atoms with van der Waals surface area (Å²) in [4.78, 5) is 22.1. The molecule has 0 aliphatic rings. The van der Waals surface area contributed by atoms with Crippen molar-refractivity contribution < 1.29 is 18.8 Å². The van der Waals surface area contributed by atoms with E-state index in [0.717, 1.165) is 0 Å². The number of nitrogens with zero attached hydrogens (tertiary/aromatic N) is 2. The molecule has 0 atom stereocenters. The summed E-state index contributed by atoms with van der Waals surface area (Å²) >= 11 is 3.04. The number of nitro benzene ring substituents is 1. The van der Waals surface area contributed by atoms with Crippen molar-refractivity contribution in [3.8, 4) is 5.75 Å². The Labute approximate surface area is 150 Å². The van der Waals surface area contributed by atoms with Gasteiger partial charge in [0.2, 0.25) is 0 Å². The van der Waals surface area contributed by atoms with Gasteiger partial charge in [-0.1, -0.05) is 12.1 Å². The van der Waals surface area contributed by atoms with E-state index in [1.165, 1.54) is 36.5 Å². The lowest BCUT2D eigenvalue weighted by atomic mass is 10.2. The lowest BCUT2D eigenvalue weighted by Crippen LogP contribution is -2.24. The molecule has 0 bridgehead atoms. The second-order valence-electron chi connectivity index (χ2n) is 4.98. The largest absolute Gasteiger partial charge is 0.477 e. The summed E-state index contributed by atoms with van der Waals surface area (Å²) in [6.45, 7) is 1.28. The third kappa shape index (κ3) is 5.35. The number of hydrogen-bond donors (Lipinski definition) is 1. The third-order valence-electron chi connectivity index (χ3n) is 3.02. The van der Waals surface area contributed by atoms with Crippen molar-refractivity contribution in [1.29, 1.82) is 0 Å². The van der Waals surface area contributed by atoms with Crippen LogP contribution in [-0.2, 0) is 4.79 Å². The second-order valence-corrected chi connectivity index (χ2v) is 5.84. The van der Waals surface area contributed by atoms with Crippen molar-refractivity contribution in [1.82, 2.24) is 5.43 Å². The minimum Gasteiger partial charge on any atom is -0.477 e. The summed E-state index contributed by atoms with van der Waals surface area (Å²) < 4.78 is 18.5. The molecule has 1 N–H and O–H groups in total. The van der Waals surface area contributed by atoms with E-state index in [0.29, 0.717) is 11.1 Å². The van der Waals surface area contributed by atoms with Gasteiger partial charge in [-0.05, 0) is 52.2 Å². The number of hydrogen-bond acceptors (Lipinski definition) is 5. The molecule has 0 aliphatic carbocycles. The van der Waals surface area contributed by atoms with E-state index in [-0.39, 0.29) is 15.9 Å². The number of nitro groups is 1. The molecule has 25 heavy (non-hydrogen) atoms. The number of aryl methyl sites for hydroxylation is 1. The van der Waals surface area contributed by atoms with E-state index < -0.39 is 23.3 Å². The first-order chi connectivity index (χ1) is 11.9. The Morgan fingerprint density at radius 3 is 2.84 bits per heavy atom. The average Bonchev–Trinajstić information content (AvgIpc) is 2.56. The number of halogens is 2. The standard InChI is InChI=1S/C16H13BrFN3O4/c1-10-2-5-15(14(6-10)21(23)24)25-9-16(22)20-19-8-11-3-4-13(18)12(17)7-11/h2-8H,9H2,1H3,(H,20,22). The van der Waals surface area contributed by atoms with Gasteiger partial charge in [-0.25, -0.2) is 9.82 Å². The highest BCUT2D eigenvalue weighted by Gasteiger charge is 2.16. The Kier molecular flexibility index (Phi) is 6.18. The van der Waals surface area contributed by atoms with Gasteiger partial charge in [0.05, 0.1) is 15.6 Å². The Bertz CT molecular complexity index is 842. The van der Waals surface area contributed by atoms with Crippen LogP contribution in [0.4, 0.5) is 10.1 Å². The van der Waals surface area contributed by atoms with E-state index in [1.54, 1.807) is 13.0 Å². The van der Waals surface area contributed by atoms with Gasteiger partial charge in [0.25, 0.3) is 5.91 Å². The highest BCUT2D eigenvalue weighted by Crippen LogP contribution is 2.27. The Morgan fingerprint density at radius 2 is 2.16 bits per heavy atom. The Hall–Kier alpha value is -2.81. The molecule has 0 saturated carbocycles. The van der Waals surface area contributed by atoms with Crippen molar-refractivity contribution in [2.45, 2.75) is 6.92 Å². The van der Waals surface area contributed by atoms with Gasteiger partial charge in [-0.15, -0.1) is 0 Å². The number of ether oxygens (including phenoxy) is 1. The Balaban J connectivity index is 1.92. The number of amides is 1. The van der Waals surface area contributed by atoms with Crippen LogP contribution in [0.1, 0.15) is 11.1 Å². The Morgan fingerprint density at radius 1 is 1.40 bits per heavy atom. The van der Waals surface area contributed by atoms with Gasteiger partial charge < -0.3 is 4.74 Å². The molecule has 2 aromatic carbocycles. The van der Waals surface area contributed by atoms with Crippen LogP contribution < -0.4 is 10.2 Å². The fraction of sp³-hybridized carbons (Fsp3) is 0.125. The highest BCUT2D eigenvalue weighted by atomic mass is 79.9. The molecular formula is C16H13BrFN3O4. The van der Waals surface area contributed by atoms with E-state index in [1.807, 2.05) is 0 Å². The molecule has 0 heterocycles. The second kappa shape index (κ2) is 8.34. The van der Waals surface area contributed by atoms with Gasteiger partial charge in [0.15, 0.2) is 12.4 Å². The summed E-state index contributed by atoms with van der Waals surface area (Å²) in [7, 11) is 0. The smallest absolute Gasteiger partial charge is 0.311 e. The molecule has 0 fully saturated rings. The molecule has 2 aromatic rings. The van der Waals surface area contributed by atoms with E-state index >= 15 is 0 Å². The number of hydrazone groups is 1. The lowest BCUT2D eigenvalue weighted by Gasteiger charge is -2.06. The number of carbonyl (C=O) groups is 1. The summed E-state index contributed by atoms with van der Waals surface area (Å²) in [5.74, 6) is -1.00. The maximum Gasteiger partial charge on any atom is 0.311 e. The summed E-state index contributed by atoms with van der Waals surface area (Å²) in [6, 6.07) is 8.68. The van der Waals surface area contributed by atoms with E-state index in [9.17, 15) is 19.3 Å². The van der Waals surface area contributed by atoms with Gasteiger partial charge in [0.1, 0.15) is 5.82 Å². The molecule has 9 heteroatoms. The molecule has 130 valence electrons. The first-order valence-corrected chi connectivity index (χ1v) is 7.81. The molecule has 0 unspecified atom stereocenters. The monoisotopic (exact) mass is 409 g/mol. The number of carbonyl (C=O) groups excluding carboxylic acids is 1. The fourth-order valence-corrected chi connectivity index (χ4v) is 2.24. The summed E-state index contributed by atoms with van der Waals surface area (Å²) in [5, 5.41) is 14.7. The fourth-order valence-electron chi connectivity index (χ4n) is 1.84. The number of rotatable bonds is 6. The van der Waals surface area contributed by atoms with Crippen molar-refractivity contribution >= 4 is 33.7 Å². The normalized spacial score (nSPS) is 10.7. The number of benzene rings is 2. The van der Waals surface area contributed by atoms with Gasteiger partial charge >= 0.3 is 5.69 Å². The molecule has 0 saturated heterocycles. The SMILES string of the molecule is Cc1ccc(OCC(=O)NN=Cc2ccc(F)c(Br)c2)c([N+](=O)[O-])c1. The molecule has 0 aliphatic heterocycles. The van der Waals surface area contributed by atoms with E-state index in [2.05, 4.69) is 26.5 Å². The van der Waals surface area contributed by atoms with Crippen molar-refractivity contribution in [3.63, 3.8) is 0 Å². The van der Waals surface area contributed by atoms with Crippen LogP contribution in [0.25, 0.3) is 0 Å².